The van der Waals surface area contributed by atoms with Crippen LogP contribution < -0.4 is 20.9 Å². The van der Waals surface area contributed by atoms with Gasteiger partial charge in [0.05, 0.1) is 5.69 Å². The summed E-state index contributed by atoms with van der Waals surface area (Å²) < 4.78 is 23.4. The smallest absolute Gasteiger partial charge is 0.316 e. The Kier molecular flexibility index (Phi) is 3.12. The van der Waals surface area contributed by atoms with Crippen LogP contribution in [0.1, 0.15) is 0 Å². The molecule has 1 rings (SSSR count). The van der Waals surface area contributed by atoms with Gasteiger partial charge in [0.15, 0.2) is 0 Å². The van der Waals surface area contributed by atoms with E-state index >= 15 is 0 Å². The number of urea groups is 1. The van der Waals surface area contributed by atoms with E-state index in [9.17, 15) is 13.2 Å². The molecule has 6 N–H and O–H groups in total. The second-order valence-corrected chi connectivity index (χ2v) is 4.01. The van der Waals surface area contributed by atoms with Crippen molar-refractivity contribution in [2.45, 2.75) is 0 Å². The molecule has 0 atom stereocenters. The Labute approximate surface area is 86.6 Å². The van der Waals surface area contributed by atoms with Gasteiger partial charge in [-0.2, -0.15) is 8.42 Å². The van der Waals surface area contributed by atoms with Crippen LogP contribution in [0, 0.1) is 0 Å². The molecule has 2 amide bonds. The average molecular weight is 230 g/mol. The van der Waals surface area contributed by atoms with E-state index in [-0.39, 0.29) is 5.69 Å². The highest BCUT2D eigenvalue weighted by Crippen LogP contribution is 2.15. The van der Waals surface area contributed by atoms with Crippen LogP contribution >= 0.6 is 0 Å². The zero-order valence-corrected chi connectivity index (χ0v) is 8.41. The van der Waals surface area contributed by atoms with Crippen LogP contribution in [-0.4, -0.2) is 14.4 Å². The van der Waals surface area contributed by atoms with E-state index < -0.39 is 16.2 Å². The predicted molar refractivity (Wildman–Crippen MR) is 56.4 cm³/mol. The van der Waals surface area contributed by atoms with Crippen LogP contribution in [0.5, 0.6) is 0 Å². The van der Waals surface area contributed by atoms with Gasteiger partial charge in [-0.1, -0.05) is 6.07 Å². The van der Waals surface area contributed by atoms with Crippen LogP contribution in [-0.2, 0) is 10.2 Å². The van der Waals surface area contributed by atoms with E-state index in [0.717, 1.165) is 0 Å². The number of amides is 2. The third-order valence-electron chi connectivity index (χ3n) is 1.39. The minimum absolute atomic E-state index is 0.240. The standard InChI is InChI=1S/C7H10N4O3S/c8-7(12)10-5-2-1-3-6(4-5)11-15(9,13)14/h1-4,11H,(H3,8,10,12)(H2,9,13,14). The van der Waals surface area contributed by atoms with Crippen molar-refractivity contribution in [3.63, 3.8) is 0 Å². The van der Waals surface area contributed by atoms with Crippen molar-refractivity contribution < 1.29 is 13.2 Å². The van der Waals surface area contributed by atoms with Crippen molar-refractivity contribution in [3.8, 4) is 0 Å². The molecule has 15 heavy (non-hydrogen) atoms. The highest BCUT2D eigenvalue weighted by Gasteiger charge is 2.03. The molecule has 0 aliphatic rings. The van der Waals surface area contributed by atoms with Crippen molar-refractivity contribution in [1.82, 2.24) is 0 Å². The van der Waals surface area contributed by atoms with Gasteiger partial charge in [0.2, 0.25) is 0 Å². The van der Waals surface area contributed by atoms with Gasteiger partial charge >= 0.3 is 6.03 Å². The van der Waals surface area contributed by atoms with Crippen molar-refractivity contribution >= 4 is 27.6 Å². The Hall–Kier alpha value is -1.80. The summed E-state index contributed by atoms with van der Waals surface area (Å²) in [6, 6.07) is 5.23. The Morgan fingerprint density at radius 1 is 1.27 bits per heavy atom. The number of hydrogen-bond acceptors (Lipinski definition) is 3. The summed E-state index contributed by atoms with van der Waals surface area (Å²) in [5.41, 5.74) is 5.50. The Balaban J connectivity index is 2.88. The van der Waals surface area contributed by atoms with E-state index in [0.29, 0.717) is 5.69 Å². The van der Waals surface area contributed by atoms with Crippen molar-refractivity contribution in [3.05, 3.63) is 24.3 Å². The van der Waals surface area contributed by atoms with Gasteiger partial charge in [-0.25, -0.2) is 9.93 Å². The van der Waals surface area contributed by atoms with Gasteiger partial charge in [0.1, 0.15) is 0 Å². The summed E-state index contributed by atoms with van der Waals surface area (Å²) in [5, 5.41) is 7.06. The van der Waals surface area contributed by atoms with Crippen LogP contribution in [0.3, 0.4) is 0 Å². The molecule has 0 bridgehead atoms. The lowest BCUT2D eigenvalue weighted by Gasteiger charge is -2.06. The maximum Gasteiger partial charge on any atom is 0.316 e. The van der Waals surface area contributed by atoms with Gasteiger partial charge in [-0.15, -0.1) is 0 Å². The molecule has 0 saturated carbocycles. The fourth-order valence-corrected chi connectivity index (χ4v) is 1.42. The second-order valence-electron chi connectivity index (χ2n) is 2.72. The number of primary amides is 1. The second kappa shape index (κ2) is 4.15. The molecule has 1 aromatic carbocycles. The molecule has 0 aliphatic heterocycles. The maximum absolute atomic E-state index is 10.7. The minimum atomic E-state index is -3.82. The van der Waals surface area contributed by atoms with Crippen LogP contribution in [0.2, 0.25) is 0 Å². The number of anilines is 2. The van der Waals surface area contributed by atoms with E-state index in [1.807, 2.05) is 0 Å². The largest absolute Gasteiger partial charge is 0.351 e. The van der Waals surface area contributed by atoms with E-state index in [1.165, 1.54) is 12.1 Å². The monoisotopic (exact) mass is 230 g/mol. The summed E-state index contributed by atoms with van der Waals surface area (Å²) in [4.78, 5) is 10.5. The maximum atomic E-state index is 10.7. The number of benzene rings is 1. The van der Waals surface area contributed by atoms with Gasteiger partial charge < -0.3 is 11.1 Å². The third kappa shape index (κ3) is 4.29. The number of rotatable bonds is 3. The minimum Gasteiger partial charge on any atom is -0.351 e. The number of carbonyl (C=O) groups is 1. The van der Waals surface area contributed by atoms with Crippen LogP contribution in [0.4, 0.5) is 16.2 Å². The predicted octanol–water partition coefficient (Wildman–Crippen LogP) is -0.207. The molecule has 0 unspecified atom stereocenters. The van der Waals surface area contributed by atoms with Gasteiger partial charge in [-0.05, 0) is 18.2 Å². The molecule has 0 aliphatic carbocycles. The molecule has 0 aromatic heterocycles. The quantitative estimate of drug-likeness (QED) is 0.573. The number of nitrogens with one attached hydrogen (secondary N) is 2. The van der Waals surface area contributed by atoms with Crippen molar-refractivity contribution in [2.24, 2.45) is 10.9 Å². The Bertz CT molecular complexity index is 471. The van der Waals surface area contributed by atoms with Gasteiger partial charge in [0.25, 0.3) is 10.2 Å². The van der Waals surface area contributed by atoms with E-state index in [2.05, 4.69) is 10.0 Å². The first-order chi connectivity index (χ1) is 6.87. The summed E-state index contributed by atoms with van der Waals surface area (Å²) in [7, 11) is -3.82. The van der Waals surface area contributed by atoms with Crippen molar-refractivity contribution in [1.29, 1.82) is 0 Å². The fourth-order valence-electron chi connectivity index (χ4n) is 0.967. The number of nitrogens with two attached hydrogens (primary N) is 2. The fraction of sp³-hybridized carbons (Fsp3) is 0. The lowest BCUT2D eigenvalue weighted by Crippen LogP contribution is -2.22. The lowest BCUT2D eigenvalue weighted by molar-refractivity contribution is 0.259. The molecule has 7 nitrogen and oxygen atoms in total. The molecule has 0 heterocycles. The first-order valence-electron chi connectivity index (χ1n) is 3.84. The molecular weight excluding hydrogens is 220 g/mol. The summed E-state index contributed by atoms with van der Waals surface area (Å²) in [6.07, 6.45) is 0. The molecule has 8 heteroatoms. The van der Waals surface area contributed by atoms with Gasteiger partial charge in [0, 0.05) is 5.69 Å². The topological polar surface area (TPSA) is 127 Å². The SMILES string of the molecule is NC(=O)Nc1cccc(NS(N)(=O)=O)c1. The normalized spacial score (nSPS) is 10.7. The van der Waals surface area contributed by atoms with E-state index in [1.54, 1.807) is 12.1 Å². The molecule has 82 valence electrons. The molecule has 1 aromatic rings. The van der Waals surface area contributed by atoms with Crippen LogP contribution in [0.15, 0.2) is 24.3 Å². The van der Waals surface area contributed by atoms with Crippen LogP contribution in [0.25, 0.3) is 0 Å². The summed E-state index contributed by atoms with van der Waals surface area (Å²) in [5.74, 6) is 0. The molecule has 0 fully saturated rings. The number of hydrogen-bond donors (Lipinski definition) is 4. The zero-order valence-electron chi connectivity index (χ0n) is 7.60. The first kappa shape index (κ1) is 11.3. The molecule has 0 saturated heterocycles. The molecule has 0 radical (unpaired) electrons. The summed E-state index contributed by atoms with van der Waals surface area (Å²) >= 11 is 0. The number of carbonyl (C=O) groups excluding carboxylic acids is 1. The molecular formula is C7H10N4O3S. The molecule has 0 spiro atoms. The van der Waals surface area contributed by atoms with Crippen molar-refractivity contribution in [2.75, 3.05) is 10.0 Å². The third-order valence-corrected chi connectivity index (χ3v) is 1.91. The Morgan fingerprint density at radius 3 is 2.40 bits per heavy atom. The van der Waals surface area contributed by atoms with Gasteiger partial charge in [-0.3, -0.25) is 4.72 Å². The highest BCUT2D eigenvalue weighted by molar-refractivity contribution is 7.90. The highest BCUT2D eigenvalue weighted by atomic mass is 32.2. The lowest BCUT2D eigenvalue weighted by atomic mass is 10.3. The van der Waals surface area contributed by atoms with E-state index in [4.69, 9.17) is 10.9 Å². The average Bonchev–Trinajstić information content (AvgIpc) is 1.99. The Morgan fingerprint density at radius 2 is 1.87 bits per heavy atom. The first-order valence-corrected chi connectivity index (χ1v) is 5.38. The zero-order chi connectivity index (χ0) is 11.5. The summed E-state index contributed by atoms with van der Waals surface area (Å²) in [6.45, 7) is 0.